The van der Waals surface area contributed by atoms with Crippen LogP contribution in [0.3, 0.4) is 0 Å². The van der Waals surface area contributed by atoms with Crippen molar-refractivity contribution >= 4 is 21.6 Å². The third-order valence-corrected chi connectivity index (χ3v) is 4.51. The van der Waals surface area contributed by atoms with Crippen LogP contribution in [-0.2, 0) is 0 Å². The predicted octanol–water partition coefficient (Wildman–Crippen LogP) is 3.27. The van der Waals surface area contributed by atoms with E-state index in [2.05, 4.69) is 64.3 Å². The van der Waals surface area contributed by atoms with Crippen LogP contribution >= 0.6 is 15.9 Å². The van der Waals surface area contributed by atoms with E-state index in [1.54, 1.807) is 0 Å². The fourth-order valence-corrected chi connectivity index (χ4v) is 3.09. The Labute approximate surface area is 113 Å². The summed E-state index contributed by atoms with van der Waals surface area (Å²) in [5, 5.41) is 3.31. The molecule has 0 saturated carbocycles. The highest BCUT2D eigenvalue weighted by Gasteiger charge is 2.40. The average molecular weight is 297 g/mol. The number of nitrogens with zero attached hydrogens (tertiary/aromatic N) is 1. The van der Waals surface area contributed by atoms with Crippen molar-refractivity contribution in [3.8, 4) is 0 Å². The lowest BCUT2D eigenvalue weighted by Gasteiger charge is -2.37. The van der Waals surface area contributed by atoms with Crippen LogP contribution in [0.2, 0.25) is 0 Å². The van der Waals surface area contributed by atoms with Crippen molar-refractivity contribution in [3.63, 3.8) is 0 Å². The summed E-state index contributed by atoms with van der Waals surface area (Å²) in [7, 11) is 2.04. The molecule has 2 nitrogen and oxygen atoms in total. The zero-order valence-corrected chi connectivity index (χ0v) is 12.4. The van der Waals surface area contributed by atoms with Crippen molar-refractivity contribution in [1.82, 2.24) is 5.32 Å². The van der Waals surface area contributed by atoms with E-state index in [0.29, 0.717) is 0 Å². The number of rotatable bonds is 3. The molecule has 0 aliphatic carbocycles. The van der Waals surface area contributed by atoms with Gasteiger partial charge < -0.3 is 10.2 Å². The van der Waals surface area contributed by atoms with Crippen LogP contribution in [0.25, 0.3) is 0 Å². The molecule has 0 radical (unpaired) electrons. The van der Waals surface area contributed by atoms with Gasteiger partial charge in [-0.25, -0.2) is 0 Å². The number of anilines is 1. The number of hydrogen-bond donors (Lipinski definition) is 1. The van der Waals surface area contributed by atoms with Crippen molar-refractivity contribution in [2.45, 2.75) is 25.8 Å². The van der Waals surface area contributed by atoms with E-state index in [9.17, 15) is 0 Å². The van der Waals surface area contributed by atoms with Gasteiger partial charge in [0.05, 0.1) is 0 Å². The fourth-order valence-electron chi connectivity index (χ4n) is 2.83. The van der Waals surface area contributed by atoms with Gasteiger partial charge in [0, 0.05) is 22.2 Å². The van der Waals surface area contributed by atoms with Crippen molar-refractivity contribution in [2.24, 2.45) is 5.92 Å². The predicted molar refractivity (Wildman–Crippen MR) is 77.6 cm³/mol. The van der Waals surface area contributed by atoms with Crippen LogP contribution in [0.5, 0.6) is 0 Å². The number of halogens is 1. The molecule has 1 atom stereocenters. The third-order valence-electron chi connectivity index (χ3n) is 3.98. The van der Waals surface area contributed by atoms with Gasteiger partial charge in [0.1, 0.15) is 0 Å². The summed E-state index contributed by atoms with van der Waals surface area (Å²) < 4.78 is 1.14. The Morgan fingerprint density at radius 1 is 1.35 bits per heavy atom. The molecule has 1 N–H and O–H groups in total. The van der Waals surface area contributed by atoms with Gasteiger partial charge in [-0.05, 0) is 64.0 Å². The van der Waals surface area contributed by atoms with Crippen LogP contribution in [-0.4, -0.2) is 25.7 Å². The van der Waals surface area contributed by atoms with E-state index in [0.717, 1.165) is 23.5 Å². The van der Waals surface area contributed by atoms with Gasteiger partial charge in [0.25, 0.3) is 0 Å². The van der Waals surface area contributed by atoms with E-state index in [-0.39, 0.29) is 5.54 Å². The van der Waals surface area contributed by atoms with Crippen LogP contribution in [0.4, 0.5) is 5.69 Å². The smallest absolute Gasteiger partial charge is 0.0386 e. The Kier molecular flexibility index (Phi) is 3.79. The highest BCUT2D eigenvalue weighted by molar-refractivity contribution is 9.10. The Morgan fingerprint density at radius 2 is 2.00 bits per heavy atom. The molecule has 0 spiro atoms. The summed E-state index contributed by atoms with van der Waals surface area (Å²) >= 11 is 3.49. The zero-order valence-electron chi connectivity index (χ0n) is 10.8. The molecule has 0 amide bonds. The molecule has 17 heavy (non-hydrogen) atoms. The van der Waals surface area contributed by atoms with E-state index in [4.69, 9.17) is 0 Å². The molecule has 94 valence electrons. The molecule has 1 aromatic rings. The molecule has 1 aromatic carbocycles. The van der Waals surface area contributed by atoms with E-state index < -0.39 is 0 Å². The Balaban J connectivity index is 2.20. The maximum absolute atomic E-state index is 3.49. The molecule has 1 heterocycles. The van der Waals surface area contributed by atoms with Gasteiger partial charge in [0.2, 0.25) is 0 Å². The standard InChI is InChI=1S/C14H21BrN2/c1-14(2)11(10-16-3)8-9-17(14)13-6-4-12(15)5-7-13/h4-7,11,16H,8-10H2,1-3H3. The summed E-state index contributed by atoms with van der Waals surface area (Å²) in [4.78, 5) is 2.53. The molecule has 1 unspecified atom stereocenters. The first kappa shape index (κ1) is 12.9. The number of nitrogens with one attached hydrogen (secondary N) is 1. The molecule has 0 aromatic heterocycles. The summed E-state index contributed by atoms with van der Waals surface area (Å²) in [5.41, 5.74) is 1.56. The monoisotopic (exact) mass is 296 g/mol. The lowest BCUT2D eigenvalue weighted by Crippen LogP contribution is -2.45. The lowest BCUT2D eigenvalue weighted by molar-refractivity contribution is 0.356. The number of hydrogen-bond acceptors (Lipinski definition) is 2. The molecular formula is C14H21BrN2. The van der Waals surface area contributed by atoms with Gasteiger partial charge in [-0.2, -0.15) is 0 Å². The van der Waals surface area contributed by atoms with Crippen LogP contribution in [0.1, 0.15) is 20.3 Å². The van der Waals surface area contributed by atoms with Crippen molar-refractivity contribution in [3.05, 3.63) is 28.7 Å². The summed E-state index contributed by atoms with van der Waals surface area (Å²) in [6.45, 7) is 6.95. The quantitative estimate of drug-likeness (QED) is 0.921. The Hall–Kier alpha value is -0.540. The van der Waals surface area contributed by atoms with Crippen LogP contribution < -0.4 is 10.2 Å². The molecule has 1 saturated heterocycles. The minimum absolute atomic E-state index is 0.233. The summed E-state index contributed by atoms with van der Waals surface area (Å²) in [6, 6.07) is 8.65. The summed E-state index contributed by atoms with van der Waals surface area (Å²) in [5.74, 6) is 0.719. The average Bonchev–Trinajstić information content (AvgIpc) is 2.57. The van der Waals surface area contributed by atoms with Gasteiger partial charge in [-0.3, -0.25) is 0 Å². The highest BCUT2D eigenvalue weighted by atomic mass is 79.9. The topological polar surface area (TPSA) is 15.3 Å². The normalized spacial score (nSPS) is 23.1. The van der Waals surface area contributed by atoms with Gasteiger partial charge in [-0.15, -0.1) is 0 Å². The Morgan fingerprint density at radius 3 is 2.59 bits per heavy atom. The Bertz CT molecular complexity index is 372. The van der Waals surface area contributed by atoms with Gasteiger partial charge >= 0.3 is 0 Å². The molecule has 3 heteroatoms. The van der Waals surface area contributed by atoms with Crippen molar-refractivity contribution in [1.29, 1.82) is 0 Å². The molecule has 1 aliphatic rings. The maximum atomic E-state index is 3.49. The molecule has 0 bridgehead atoms. The maximum Gasteiger partial charge on any atom is 0.0386 e. The van der Waals surface area contributed by atoms with Crippen LogP contribution in [0, 0.1) is 5.92 Å². The second kappa shape index (κ2) is 4.99. The molecule has 2 rings (SSSR count). The molecular weight excluding hydrogens is 276 g/mol. The van der Waals surface area contributed by atoms with E-state index in [1.807, 2.05) is 7.05 Å². The SMILES string of the molecule is CNCC1CCN(c2ccc(Br)cc2)C1(C)C. The number of benzene rings is 1. The minimum Gasteiger partial charge on any atom is -0.366 e. The van der Waals surface area contributed by atoms with E-state index >= 15 is 0 Å². The highest BCUT2D eigenvalue weighted by Crippen LogP contribution is 2.38. The zero-order chi connectivity index (χ0) is 12.5. The van der Waals surface area contributed by atoms with Crippen molar-refractivity contribution < 1.29 is 0 Å². The first-order valence-corrected chi connectivity index (χ1v) is 7.03. The first-order valence-electron chi connectivity index (χ1n) is 6.23. The second-order valence-electron chi connectivity index (χ2n) is 5.32. The summed E-state index contributed by atoms with van der Waals surface area (Å²) in [6.07, 6.45) is 1.27. The van der Waals surface area contributed by atoms with Crippen molar-refractivity contribution in [2.75, 3.05) is 25.0 Å². The largest absolute Gasteiger partial charge is 0.366 e. The lowest BCUT2D eigenvalue weighted by atomic mass is 9.88. The van der Waals surface area contributed by atoms with E-state index in [1.165, 1.54) is 12.1 Å². The van der Waals surface area contributed by atoms with Gasteiger partial charge in [0.15, 0.2) is 0 Å². The van der Waals surface area contributed by atoms with Gasteiger partial charge in [-0.1, -0.05) is 15.9 Å². The minimum atomic E-state index is 0.233. The second-order valence-corrected chi connectivity index (χ2v) is 6.24. The third kappa shape index (κ3) is 2.50. The molecule has 1 aliphatic heterocycles. The van der Waals surface area contributed by atoms with Crippen LogP contribution in [0.15, 0.2) is 28.7 Å². The molecule has 1 fully saturated rings. The fraction of sp³-hybridized carbons (Fsp3) is 0.571. The first-order chi connectivity index (χ1) is 8.05.